The fraction of sp³-hybridized carbons (Fsp3) is 0.312. The number of hydrogen-bond donors (Lipinski definition) is 2. The molecule has 0 bridgehead atoms. The van der Waals surface area contributed by atoms with E-state index in [1.54, 1.807) is 39.0 Å². The Hall–Kier alpha value is -4.66. The van der Waals surface area contributed by atoms with Gasteiger partial charge in [0.05, 0.1) is 18.2 Å². The maximum Gasteiger partial charge on any atom is 0.338 e. The van der Waals surface area contributed by atoms with Gasteiger partial charge in [-0.2, -0.15) is 0 Å². The smallest absolute Gasteiger partial charge is 0.338 e. The van der Waals surface area contributed by atoms with Gasteiger partial charge in [-0.25, -0.2) is 14.4 Å². The summed E-state index contributed by atoms with van der Waals surface area (Å²) in [7, 11) is 0. The van der Waals surface area contributed by atoms with Gasteiger partial charge in [0.15, 0.2) is 0 Å². The van der Waals surface area contributed by atoms with Crippen molar-refractivity contribution >= 4 is 29.6 Å². The van der Waals surface area contributed by atoms with Gasteiger partial charge in [-0.1, -0.05) is 66.7 Å². The summed E-state index contributed by atoms with van der Waals surface area (Å²) in [6.45, 7) is 5.15. The number of nitrogens with one attached hydrogen (secondary N) is 2. The Morgan fingerprint density at radius 1 is 0.878 bits per heavy atom. The fourth-order valence-corrected chi connectivity index (χ4v) is 4.72. The van der Waals surface area contributed by atoms with E-state index in [-0.39, 0.29) is 24.8 Å². The number of rotatable bonds is 8. The quantitative estimate of drug-likeness (QED) is 0.366. The van der Waals surface area contributed by atoms with Crippen LogP contribution in [0.5, 0.6) is 0 Å². The van der Waals surface area contributed by atoms with Gasteiger partial charge >= 0.3 is 18.0 Å². The molecule has 9 nitrogen and oxygen atoms in total. The Bertz CT molecular complexity index is 1370. The average molecular weight is 558 g/mol. The van der Waals surface area contributed by atoms with Crippen molar-refractivity contribution in [3.63, 3.8) is 0 Å². The number of ether oxygens (including phenoxy) is 2. The number of anilines is 1. The summed E-state index contributed by atoms with van der Waals surface area (Å²) in [6, 6.07) is 23.5. The zero-order chi connectivity index (χ0) is 29.4. The van der Waals surface area contributed by atoms with E-state index >= 15 is 0 Å². The molecule has 2 N–H and O–H groups in total. The molecule has 2 unspecified atom stereocenters. The molecule has 2 atom stereocenters. The van der Waals surface area contributed by atoms with Crippen LogP contribution < -0.4 is 10.6 Å². The second kappa shape index (κ2) is 13.1. The van der Waals surface area contributed by atoms with Gasteiger partial charge in [0.2, 0.25) is 5.91 Å². The van der Waals surface area contributed by atoms with Crippen molar-refractivity contribution in [2.75, 3.05) is 11.9 Å². The highest BCUT2D eigenvalue weighted by Crippen LogP contribution is 2.37. The van der Waals surface area contributed by atoms with Crippen LogP contribution in [0.3, 0.4) is 0 Å². The molecule has 0 radical (unpaired) electrons. The molecule has 0 spiro atoms. The Morgan fingerprint density at radius 2 is 1.56 bits per heavy atom. The fourth-order valence-electron chi connectivity index (χ4n) is 4.72. The molecule has 1 heterocycles. The van der Waals surface area contributed by atoms with Crippen molar-refractivity contribution in [1.82, 2.24) is 10.2 Å². The molecule has 9 heteroatoms. The first kappa shape index (κ1) is 29.3. The van der Waals surface area contributed by atoms with Gasteiger partial charge < -0.3 is 25.0 Å². The van der Waals surface area contributed by atoms with Crippen molar-refractivity contribution in [2.45, 2.75) is 57.9 Å². The number of carbonyl (C=O) groups is 4. The van der Waals surface area contributed by atoms with Gasteiger partial charge in [-0.15, -0.1) is 0 Å². The van der Waals surface area contributed by atoms with Crippen molar-refractivity contribution < 1.29 is 28.7 Å². The van der Waals surface area contributed by atoms with Crippen molar-refractivity contribution in [1.29, 1.82) is 0 Å². The summed E-state index contributed by atoms with van der Waals surface area (Å²) in [6.07, 6.45) is 1.05. The lowest BCUT2D eigenvalue weighted by atomic mass is 10.0. The molecule has 0 saturated carbocycles. The van der Waals surface area contributed by atoms with Gasteiger partial charge in [0.25, 0.3) is 0 Å². The van der Waals surface area contributed by atoms with E-state index in [1.807, 2.05) is 60.7 Å². The summed E-state index contributed by atoms with van der Waals surface area (Å²) in [5.41, 5.74) is 1.71. The molecule has 1 aliphatic rings. The lowest BCUT2D eigenvalue weighted by Crippen LogP contribution is -2.48. The SMILES string of the molecule is CC(C)(C)OC(=O)C1CCC(c2ccccc2)N1C(=O)CNC(=O)Nc1cccc(C(=O)OCc2ccccc2)c1. The Kier molecular flexibility index (Phi) is 9.39. The van der Waals surface area contributed by atoms with Gasteiger partial charge in [0, 0.05) is 5.69 Å². The predicted octanol–water partition coefficient (Wildman–Crippen LogP) is 5.24. The highest BCUT2D eigenvalue weighted by molar-refractivity contribution is 5.95. The molecule has 3 aromatic rings. The normalized spacial score (nSPS) is 16.5. The molecule has 1 saturated heterocycles. The summed E-state index contributed by atoms with van der Waals surface area (Å²) >= 11 is 0. The molecule has 3 aromatic carbocycles. The van der Waals surface area contributed by atoms with Gasteiger partial charge in [-0.3, -0.25) is 4.79 Å². The first-order chi connectivity index (χ1) is 19.6. The molecule has 41 heavy (non-hydrogen) atoms. The molecule has 1 aliphatic heterocycles. The minimum Gasteiger partial charge on any atom is -0.458 e. The topological polar surface area (TPSA) is 114 Å². The molecule has 0 aliphatic carbocycles. The number of carbonyl (C=O) groups excluding carboxylic acids is 4. The summed E-state index contributed by atoms with van der Waals surface area (Å²) in [4.78, 5) is 53.1. The van der Waals surface area contributed by atoms with Crippen LogP contribution in [0.25, 0.3) is 0 Å². The van der Waals surface area contributed by atoms with Crippen molar-refractivity contribution in [2.24, 2.45) is 0 Å². The van der Waals surface area contributed by atoms with E-state index in [0.717, 1.165) is 11.1 Å². The van der Waals surface area contributed by atoms with Crippen LogP contribution in [0.1, 0.15) is 61.1 Å². The van der Waals surface area contributed by atoms with E-state index in [0.29, 0.717) is 18.5 Å². The van der Waals surface area contributed by atoms with E-state index in [9.17, 15) is 19.2 Å². The van der Waals surface area contributed by atoms with Crippen molar-refractivity contribution in [3.8, 4) is 0 Å². The number of benzene rings is 3. The Labute approximate surface area is 239 Å². The predicted molar refractivity (Wildman–Crippen MR) is 154 cm³/mol. The molecular weight excluding hydrogens is 522 g/mol. The highest BCUT2D eigenvalue weighted by atomic mass is 16.6. The zero-order valence-electron chi connectivity index (χ0n) is 23.5. The lowest BCUT2D eigenvalue weighted by molar-refractivity contribution is -0.164. The third-order valence-electron chi connectivity index (χ3n) is 6.51. The maximum absolute atomic E-state index is 13.4. The molecule has 1 fully saturated rings. The Balaban J connectivity index is 1.37. The minimum absolute atomic E-state index is 0.130. The van der Waals surface area contributed by atoms with Crippen LogP contribution in [-0.4, -0.2) is 47.0 Å². The standard InChI is InChI=1S/C32H35N3O6/c1-32(2,3)41-30(38)27-18-17-26(23-13-8-5-9-14-23)35(27)28(36)20-33-31(39)34-25-16-10-15-24(19-25)29(37)40-21-22-11-6-4-7-12-22/h4-16,19,26-27H,17-18,20-21H2,1-3H3,(H2,33,34,39). The Morgan fingerprint density at radius 3 is 2.24 bits per heavy atom. The molecule has 0 aromatic heterocycles. The van der Waals surface area contributed by atoms with Crippen LogP contribution in [0.2, 0.25) is 0 Å². The third-order valence-corrected chi connectivity index (χ3v) is 6.51. The molecule has 214 valence electrons. The summed E-state index contributed by atoms with van der Waals surface area (Å²) in [5, 5.41) is 5.22. The average Bonchev–Trinajstić information content (AvgIpc) is 3.41. The van der Waals surface area contributed by atoms with E-state index in [1.165, 1.54) is 11.0 Å². The van der Waals surface area contributed by atoms with E-state index in [2.05, 4.69) is 10.6 Å². The number of urea groups is 1. The van der Waals surface area contributed by atoms with Crippen LogP contribution >= 0.6 is 0 Å². The van der Waals surface area contributed by atoms with E-state index < -0.39 is 35.5 Å². The van der Waals surface area contributed by atoms with Crippen LogP contribution in [0, 0.1) is 0 Å². The summed E-state index contributed by atoms with van der Waals surface area (Å²) in [5.74, 6) is -1.40. The monoisotopic (exact) mass is 557 g/mol. The van der Waals surface area contributed by atoms with E-state index in [4.69, 9.17) is 9.47 Å². The third kappa shape index (κ3) is 8.17. The maximum atomic E-state index is 13.4. The van der Waals surface area contributed by atoms with Gasteiger partial charge in [-0.05, 0) is 62.9 Å². The highest BCUT2D eigenvalue weighted by Gasteiger charge is 2.43. The first-order valence-electron chi connectivity index (χ1n) is 13.6. The number of likely N-dealkylation sites (tertiary alicyclic amines) is 1. The number of amides is 3. The minimum atomic E-state index is -0.754. The number of esters is 2. The lowest BCUT2D eigenvalue weighted by Gasteiger charge is -2.31. The number of hydrogen-bond acceptors (Lipinski definition) is 6. The first-order valence-corrected chi connectivity index (χ1v) is 13.6. The molecular formula is C32H35N3O6. The van der Waals surface area contributed by atoms with Crippen LogP contribution in [0.15, 0.2) is 84.9 Å². The number of nitrogens with zero attached hydrogens (tertiary/aromatic N) is 1. The molecule has 4 rings (SSSR count). The second-order valence-electron chi connectivity index (χ2n) is 10.8. The zero-order valence-corrected chi connectivity index (χ0v) is 23.5. The summed E-state index contributed by atoms with van der Waals surface area (Å²) < 4.78 is 11.0. The largest absolute Gasteiger partial charge is 0.458 e. The second-order valence-corrected chi connectivity index (χ2v) is 10.8. The van der Waals surface area contributed by atoms with Crippen LogP contribution in [0.4, 0.5) is 10.5 Å². The molecule has 3 amide bonds. The van der Waals surface area contributed by atoms with Crippen LogP contribution in [-0.2, 0) is 25.7 Å². The van der Waals surface area contributed by atoms with Crippen molar-refractivity contribution in [3.05, 3.63) is 102 Å². The van der Waals surface area contributed by atoms with Gasteiger partial charge in [0.1, 0.15) is 18.2 Å².